The van der Waals surface area contributed by atoms with Crippen molar-refractivity contribution in [2.75, 3.05) is 0 Å². The molecule has 0 radical (unpaired) electrons. The Morgan fingerprint density at radius 3 is 1.92 bits per heavy atom. The van der Waals surface area contributed by atoms with Gasteiger partial charge in [0, 0.05) is 5.92 Å². The third-order valence-corrected chi connectivity index (χ3v) is 6.49. The third kappa shape index (κ3) is 3.36. The number of hydrogen-bond donors (Lipinski definition) is 0. The Balaban J connectivity index is 2.13. The Labute approximate surface area is 161 Å². The molecule has 0 nitrogen and oxygen atoms in total. The zero-order valence-electron chi connectivity index (χ0n) is 18.0. The van der Waals surface area contributed by atoms with E-state index in [2.05, 4.69) is 85.7 Å². The van der Waals surface area contributed by atoms with Crippen molar-refractivity contribution in [3.05, 3.63) is 69.3 Å². The molecule has 2 aromatic carbocycles. The molecule has 3 rings (SSSR count). The van der Waals surface area contributed by atoms with Gasteiger partial charge in [0.05, 0.1) is 0 Å². The molecular formula is C26H36. The molecule has 2 aromatic rings. The molecule has 1 aliphatic rings. The summed E-state index contributed by atoms with van der Waals surface area (Å²) in [6, 6.07) is 12.2. The Hall–Kier alpha value is -1.56. The van der Waals surface area contributed by atoms with Gasteiger partial charge >= 0.3 is 0 Å². The molecule has 0 saturated carbocycles. The summed E-state index contributed by atoms with van der Waals surface area (Å²) in [6.45, 7) is 18.6. The van der Waals surface area contributed by atoms with Crippen LogP contribution in [0.2, 0.25) is 0 Å². The number of benzene rings is 2. The summed E-state index contributed by atoms with van der Waals surface area (Å²) >= 11 is 0. The van der Waals surface area contributed by atoms with E-state index < -0.39 is 0 Å². The van der Waals surface area contributed by atoms with Crippen LogP contribution in [-0.2, 0) is 0 Å². The van der Waals surface area contributed by atoms with Crippen molar-refractivity contribution in [1.29, 1.82) is 0 Å². The highest BCUT2D eigenvalue weighted by atomic mass is 14.4. The van der Waals surface area contributed by atoms with Crippen molar-refractivity contribution in [3.8, 4) is 0 Å². The highest BCUT2D eigenvalue weighted by molar-refractivity contribution is 5.51. The Kier molecular flexibility index (Phi) is 5.33. The molecule has 0 bridgehead atoms. The highest BCUT2D eigenvalue weighted by Crippen LogP contribution is 2.50. The molecule has 26 heavy (non-hydrogen) atoms. The lowest BCUT2D eigenvalue weighted by atomic mass is 9.86. The maximum atomic E-state index is 2.54. The Morgan fingerprint density at radius 1 is 0.731 bits per heavy atom. The zero-order valence-corrected chi connectivity index (χ0v) is 18.0. The van der Waals surface area contributed by atoms with Crippen molar-refractivity contribution < 1.29 is 0 Å². The van der Waals surface area contributed by atoms with Crippen LogP contribution in [0.1, 0.15) is 111 Å². The van der Waals surface area contributed by atoms with E-state index in [4.69, 9.17) is 0 Å². The first kappa shape index (κ1) is 19.2. The summed E-state index contributed by atoms with van der Waals surface area (Å²) in [7, 11) is 0. The average molecular weight is 349 g/mol. The lowest BCUT2D eigenvalue weighted by molar-refractivity contribution is 0.481. The molecule has 0 saturated heterocycles. The maximum Gasteiger partial charge on any atom is 0.00983 e. The van der Waals surface area contributed by atoms with E-state index in [1.807, 2.05) is 0 Å². The van der Waals surface area contributed by atoms with Gasteiger partial charge in [0.15, 0.2) is 0 Å². The van der Waals surface area contributed by atoms with E-state index >= 15 is 0 Å². The SMILES string of the molecule is Cc1ccc(C2CC(C(C)C)c3cc(C(C)C)c(C)cc32)cc1C(C)C. The summed E-state index contributed by atoms with van der Waals surface area (Å²) in [5, 5.41) is 0. The minimum Gasteiger partial charge on any atom is -0.0622 e. The Morgan fingerprint density at radius 2 is 1.35 bits per heavy atom. The van der Waals surface area contributed by atoms with E-state index in [1.165, 1.54) is 34.2 Å². The van der Waals surface area contributed by atoms with E-state index in [9.17, 15) is 0 Å². The largest absolute Gasteiger partial charge is 0.0622 e. The molecule has 140 valence electrons. The maximum absolute atomic E-state index is 2.54. The molecule has 0 heterocycles. The minimum absolute atomic E-state index is 0.551. The molecule has 0 aromatic heterocycles. The van der Waals surface area contributed by atoms with E-state index in [-0.39, 0.29) is 0 Å². The summed E-state index contributed by atoms with van der Waals surface area (Å²) in [4.78, 5) is 0. The summed E-state index contributed by atoms with van der Waals surface area (Å²) in [6.07, 6.45) is 1.26. The Bertz CT molecular complexity index is 792. The van der Waals surface area contributed by atoms with Crippen molar-refractivity contribution in [3.63, 3.8) is 0 Å². The molecule has 0 N–H and O–H groups in total. The number of aryl methyl sites for hydroxylation is 2. The van der Waals surface area contributed by atoms with Crippen LogP contribution in [0.4, 0.5) is 0 Å². The minimum atomic E-state index is 0.551. The molecule has 0 heteroatoms. The topological polar surface area (TPSA) is 0 Å². The summed E-state index contributed by atoms with van der Waals surface area (Å²) in [5.74, 6) is 3.10. The first-order valence-electron chi connectivity index (χ1n) is 10.5. The van der Waals surface area contributed by atoms with Crippen LogP contribution in [0.3, 0.4) is 0 Å². The molecule has 0 amide bonds. The van der Waals surface area contributed by atoms with Crippen LogP contribution in [0.5, 0.6) is 0 Å². The fourth-order valence-electron chi connectivity index (χ4n) is 4.96. The van der Waals surface area contributed by atoms with Crippen LogP contribution in [-0.4, -0.2) is 0 Å². The van der Waals surface area contributed by atoms with Crippen LogP contribution < -0.4 is 0 Å². The van der Waals surface area contributed by atoms with Crippen molar-refractivity contribution >= 4 is 0 Å². The van der Waals surface area contributed by atoms with Gasteiger partial charge in [-0.3, -0.25) is 0 Å². The predicted molar refractivity (Wildman–Crippen MR) is 115 cm³/mol. The monoisotopic (exact) mass is 348 g/mol. The summed E-state index contributed by atoms with van der Waals surface area (Å²) in [5.41, 5.74) is 10.6. The van der Waals surface area contributed by atoms with Crippen molar-refractivity contribution in [1.82, 2.24) is 0 Å². The lowest BCUT2D eigenvalue weighted by Crippen LogP contribution is -2.04. The molecule has 1 aliphatic carbocycles. The zero-order chi connectivity index (χ0) is 19.2. The quantitative estimate of drug-likeness (QED) is 0.528. The normalized spacial score (nSPS) is 19.7. The molecule has 0 fully saturated rings. The van der Waals surface area contributed by atoms with E-state index in [1.54, 1.807) is 11.1 Å². The smallest absolute Gasteiger partial charge is 0.00983 e. The second-order valence-corrected chi connectivity index (χ2v) is 9.40. The van der Waals surface area contributed by atoms with Crippen LogP contribution in [0.15, 0.2) is 30.3 Å². The second-order valence-electron chi connectivity index (χ2n) is 9.40. The average Bonchev–Trinajstić information content (AvgIpc) is 2.92. The van der Waals surface area contributed by atoms with E-state index in [0.717, 1.165) is 0 Å². The van der Waals surface area contributed by atoms with Gasteiger partial charge in [-0.2, -0.15) is 0 Å². The fraction of sp³-hybridized carbons (Fsp3) is 0.538. The predicted octanol–water partition coefficient (Wildman–Crippen LogP) is 7.83. The van der Waals surface area contributed by atoms with Gasteiger partial charge in [-0.25, -0.2) is 0 Å². The van der Waals surface area contributed by atoms with Gasteiger partial charge in [0.1, 0.15) is 0 Å². The van der Waals surface area contributed by atoms with Gasteiger partial charge in [0.2, 0.25) is 0 Å². The summed E-state index contributed by atoms with van der Waals surface area (Å²) < 4.78 is 0. The highest BCUT2D eigenvalue weighted by Gasteiger charge is 2.34. The van der Waals surface area contributed by atoms with E-state index in [0.29, 0.717) is 29.6 Å². The fourth-order valence-corrected chi connectivity index (χ4v) is 4.96. The van der Waals surface area contributed by atoms with Crippen molar-refractivity contribution in [2.24, 2.45) is 5.92 Å². The lowest BCUT2D eigenvalue weighted by Gasteiger charge is -2.19. The standard InChI is InChI=1S/C26H36/c1-15(2)21-12-20(10-9-18(21)7)24-14-23(17(5)6)26-13-22(16(3)4)19(8)11-25(24)26/h9-13,15-17,23-24H,14H2,1-8H3. The van der Waals surface area contributed by atoms with Gasteiger partial charge in [0.25, 0.3) is 0 Å². The number of hydrogen-bond acceptors (Lipinski definition) is 0. The van der Waals surface area contributed by atoms with Gasteiger partial charge in [-0.1, -0.05) is 71.9 Å². The molecule has 0 spiro atoms. The van der Waals surface area contributed by atoms with Crippen LogP contribution in [0, 0.1) is 19.8 Å². The van der Waals surface area contributed by atoms with Gasteiger partial charge < -0.3 is 0 Å². The third-order valence-electron chi connectivity index (χ3n) is 6.49. The molecule has 0 aliphatic heterocycles. The first-order chi connectivity index (χ1) is 12.2. The van der Waals surface area contributed by atoms with Crippen LogP contribution >= 0.6 is 0 Å². The first-order valence-corrected chi connectivity index (χ1v) is 10.5. The number of rotatable bonds is 4. The van der Waals surface area contributed by atoms with Gasteiger partial charge in [-0.15, -0.1) is 0 Å². The number of fused-ring (bicyclic) bond motifs is 1. The van der Waals surface area contributed by atoms with Crippen molar-refractivity contribution in [2.45, 2.75) is 85.5 Å². The van der Waals surface area contributed by atoms with Gasteiger partial charge in [-0.05, 0) is 82.9 Å². The molecule has 2 atom stereocenters. The molecule has 2 unspecified atom stereocenters. The second kappa shape index (κ2) is 7.22. The van der Waals surface area contributed by atoms with Crippen LogP contribution in [0.25, 0.3) is 0 Å². The molecular weight excluding hydrogens is 312 g/mol.